The average molecular weight is 356 g/mol. The van der Waals surface area contributed by atoms with Crippen molar-refractivity contribution in [2.45, 2.75) is 35.4 Å². The molecule has 9 heteroatoms. The van der Waals surface area contributed by atoms with Crippen molar-refractivity contribution in [2.24, 2.45) is 0 Å². The number of nitrogens with zero attached hydrogens (tertiary/aromatic N) is 3. The number of aromatic nitrogens is 3. The molecule has 2 heterocycles. The van der Waals surface area contributed by atoms with Crippen molar-refractivity contribution in [3.8, 4) is 0 Å². The van der Waals surface area contributed by atoms with E-state index in [1.807, 2.05) is 6.92 Å². The van der Waals surface area contributed by atoms with Crippen LogP contribution < -0.4 is 10.6 Å². The van der Waals surface area contributed by atoms with Gasteiger partial charge >= 0.3 is 0 Å². The highest BCUT2D eigenvalue weighted by Crippen LogP contribution is 2.32. The maximum atomic E-state index is 12.2. The number of carbonyl (C=O) groups excluding carboxylic acids is 1. The number of rotatable bonds is 6. The summed E-state index contributed by atoms with van der Waals surface area (Å²) >= 11 is 8.77. The lowest BCUT2D eigenvalue weighted by molar-refractivity contribution is -0.115. The van der Waals surface area contributed by atoms with Crippen molar-refractivity contribution >= 4 is 51.4 Å². The number of pyridine rings is 1. The molecule has 0 spiro atoms. The number of hydrogen-bond acceptors (Lipinski definition) is 7. The first-order chi connectivity index (χ1) is 10.6. The normalized spacial score (nSPS) is 15.4. The predicted molar refractivity (Wildman–Crippen MR) is 89.7 cm³/mol. The van der Waals surface area contributed by atoms with Crippen LogP contribution >= 0.6 is 34.7 Å². The number of hydrogen-bond donors (Lipinski definition) is 2. The third kappa shape index (κ3) is 4.08. The third-order valence-electron chi connectivity index (χ3n) is 2.98. The molecule has 0 saturated heterocycles. The molecule has 2 aromatic rings. The maximum absolute atomic E-state index is 12.2. The van der Waals surface area contributed by atoms with Crippen LogP contribution in [0.25, 0.3) is 0 Å². The highest BCUT2D eigenvalue weighted by molar-refractivity contribution is 8.02. The van der Waals surface area contributed by atoms with Gasteiger partial charge in [0.2, 0.25) is 11.0 Å². The van der Waals surface area contributed by atoms with Gasteiger partial charge in [-0.3, -0.25) is 4.79 Å². The van der Waals surface area contributed by atoms with Crippen molar-refractivity contribution in [1.82, 2.24) is 15.2 Å². The van der Waals surface area contributed by atoms with Gasteiger partial charge in [0.1, 0.15) is 0 Å². The molecule has 3 rings (SSSR count). The molecule has 6 nitrogen and oxygen atoms in total. The molecule has 2 aromatic heterocycles. The zero-order chi connectivity index (χ0) is 15.5. The minimum Gasteiger partial charge on any atom is -0.357 e. The largest absolute Gasteiger partial charge is 0.357 e. The summed E-state index contributed by atoms with van der Waals surface area (Å²) in [5, 5.41) is 15.0. The molecule has 1 saturated carbocycles. The summed E-state index contributed by atoms with van der Waals surface area (Å²) in [5.41, 5.74) is 0.509. The van der Waals surface area contributed by atoms with E-state index in [1.165, 1.54) is 35.9 Å². The first-order valence-corrected chi connectivity index (χ1v) is 8.87. The summed E-state index contributed by atoms with van der Waals surface area (Å²) in [6.45, 7) is 1.82. The van der Waals surface area contributed by atoms with Gasteiger partial charge in [0.05, 0.1) is 10.9 Å². The Morgan fingerprint density at radius 3 is 3.05 bits per heavy atom. The molecule has 1 atom stereocenters. The molecule has 116 valence electrons. The number of nitrogens with one attached hydrogen (secondary N) is 2. The Labute approximate surface area is 141 Å². The molecule has 22 heavy (non-hydrogen) atoms. The molecule has 1 amide bonds. The van der Waals surface area contributed by atoms with Crippen LogP contribution in [0.2, 0.25) is 5.15 Å². The maximum Gasteiger partial charge on any atom is 0.237 e. The van der Waals surface area contributed by atoms with E-state index >= 15 is 0 Å². The Bertz CT molecular complexity index is 676. The summed E-state index contributed by atoms with van der Waals surface area (Å²) < 4.78 is 0.767. The standard InChI is InChI=1S/C13H14ClN5OS2/c1-7(11(20)17-9-3-2-6-15-10(9)14)21-13-19-18-12(22-13)16-8-4-5-8/h2-3,6-8H,4-5H2,1H3,(H,16,18)(H,17,20)/t7-/m0/s1. The van der Waals surface area contributed by atoms with Gasteiger partial charge in [0.15, 0.2) is 9.49 Å². The van der Waals surface area contributed by atoms with Crippen LogP contribution in [0.4, 0.5) is 10.8 Å². The Morgan fingerprint density at radius 2 is 2.32 bits per heavy atom. The molecular formula is C13H14ClN5OS2. The number of anilines is 2. The minimum absolute atomic E-state index is 0.146. The number of thioether (sulfide) groups is 1. The van der Waals surface area contributed by atoms with Crippen LogP contribution in [0.15, 0.2) is 22.7 Å². The lowest BCUT2D eigenvalue weighted by Crippen LogP contribution is -2.22. The second kappa shape index (κ2) is 6.80. The van der Waals surface area contributed by atoms with Gasteiger partial charge in [-0.25, -0.2) is 4.98 Å². The fourth-order valence-electron chi connectivity index (χ4n) is 1.64. The Balaban J connectivity index is 1.56. The van der Waals surface area contributed by atoms with Crippen LogP contribution in [-0.2, 0) is 4.79 Å². The van der Waals surface area contributed by atoms with Crippen LogP contribution in [0.5, 0.6) is 0 Å². The summed E-state index contributed by atoms with van der Waals surface area (Å²) in [5.74, 6) is -0.146. The van der Waals surface area contributed by atoms with E-state index in [1.54, 1.807) is 18.3 Å². The summed E-state index contributed by atoms with van der Waals surface area (Å²) in [4.78, 5) is 16.1. The molecule has 1 aliphatic rings. The summed E-state index contributed by atoms with van der Waals surface area (Å²) in [6.07, 6.45) is 3.95. The zero-order valence-corrected chi connectivity index (χ0v) is 14.1. The zero-order valence-electron chi connectivity index (χ0n) is 11.7. The Hall–Kier alpha value is -1.38. The number of amides is 1. The van der Waals surface area contributed by atoms with Crippen molar-refractivity contribution in [3.63, 3.8) is 0 Å². The van der Waals surface area contributed by atoms with Crippen molar-refractivity contribution in [2.75, 3.05) is 10.6 Å². The van der Waals surface area contributed by atoms with Crippen molar-refractivity contribution in [3.05, 3.63) is 23.5 Å². The predicted octanol–water partition coefficient (Wildman–Crippen LogP) is 3.28. The molecule has 0 aromatic carbocycles. The molecule has 1 fully saturated rings. The van der Waals surface area contributed by atoms with E-state index in [0.29, 0.717) is 11.7 Å². The summed E-state index contributed by atoms with van der Waals surface area (Å²) in [6, 6.07) is 3.98. The topological polar surface area (TPSA) is 79.8 Å². The third-order valence-corrected chi connectivity index (χ3v) is 5.32. The Kier molecular flexibility index (Phi) is 4.80. The van der Waals surface area contributed by atoms with Gasteiger partial charge in [0.25, 0.3) is 0 Å². The molecule has 2 N–H and O–H groups in total. The average Bonchev–Trinajstić information content (AvgIpc) is 3.20. The minimum atomic E-state index is -0.307. The van der Waals surface area contributed by atoms with Crippen LogP contribution in [-0.4, -0.2) is 32.4 Å². The van der Waals surface area contributed by atoms with Crippen molar-refractivity contribution < 1.29 is 4.79 Å². The van der Waals surface area contributed by atoms with Gasteiger partial charge in [0, 0.05) is 12.2 Å². The van der Waals surface area contributed by atoms with Gasteiger partial charge in [-0.1, -0.05) is 34.7 Å². The quantitative estimate of drug-likeness (QED) is 0.611. The van der Waals surface area contributed by atoms with Gasteiger partial charge in [-0.15, -0.1) is 10.2 Å². The summed E-state index contributed by atoms with van der Waals surface area (Å²) in [7, 11) is 0. The van der Waals surface area contributed by atoms with E-state index in [0.717, 1.165) is 9.47 Å². The van der Waals surface area contributed by atoms with Gasteiger partial charge in [-0.2, -0.15) is 0 Å². The lowest BCUT2D eigenvalue weighted by atomic mass is 10.4. The van der Waals surface area contributed by atoms with E-state index in [-0.39, 0.29) is 16.3 Å². The van der Waals surface area contributed by atoms with E-state index in [2.05, 4.69) is 25.8 Å². The Morgan fingerprint density at radius 1 is 1.50 bits per heavy atom. The van der Waals surface area contributed by atoms with Gasteiger partial charge in [-0.05, 0) is 31.9 Å². The van der Waals surface area contributed by atoms with Crippen molar-refractivity contribution in [1.29, 1.82) is 0 Å². The first-order valence-electron chi connectivity index (χ1n) is 6.80. The van der Waals surface area contributed by atoms with E-state index in [9.17, 15) is 4.79 Å². The first kappa shape index (κ1) is 15.5. The SMILES string of the molecule is C[C@H](Sc1nnc(NC2CC2)s1)C(=O)Nc1cccnc1Cl. The van der Waals surface area contributed by atoms with E-state index < -0.39 is 0 Å². The molecule has 0 unspecified atom stereocenters. The molecule has 0 bridgehead atoms. The monoisotopic (exact) mass is 355 g/mol. The van der Waals surface area contributed by atoms with Crippen LogP contribution in [0.1, 0.15) is 19.8 Å². The second-order valence-electron chi connectivity index (χ2n) is 4.88. The molecule has 0 radical (unpaired) electrons. The lowest BCUT2D eigenvalue weighted by Gasteiger charge is -2.10. The molecular weight excluding hydrogens is 342 g/mol. The van der Waals surface area contributed by atoms with Gasteiger partial charge < -0.3 is 10.6 Å². The van der Waals surface area contributed by atoms with Crippen LogP contribution in [0.3, 0.4) is 0 Å². The highest BCUT2D eigenvalue weighted by atomic mass is 35.5. The van der Waals surface area contributed by atoms with Crippen LogP contribution in [0, 0.1) is 0 Å². The number of carbonyl (C=O) groups is 1. The smallest absolute Gasteiger partial charge is 0.237 e. The number of halogens is 1. The second-order valence-corrected chi connectivity index (χ2v) is 7.81. The molecule has 1 aliphatic carbocycles. The fraction of sp³-hybridized carbons (Fsp3) is 0.385. The van der Waals surface area contributed by atoms with E-state index in [4.69, 9.17) is 11.6 Å². The molecule has 0 aliphatic heterocycles. The highest BCUT2D eigenvalue weighted by Gasteiger charge is 2.23. The fourth-order valence-corrected chi connectivity index (χ4v) is 3.78.